The van der Waals surface area contributed by atoms with Crippen molar-refractivity contribution in [2.45, 2.75) is 4.90 Å². The van der Waals surface area contributed by atoms with Crippen molar-refractivity contribution in [3.63, 3.8) is 0 Å². The van der Waals surface area contributed by atoms with Gasteiger partial charge in [0.05, 0.1) is 0 Å². The Bertz CT molecular complexity index is 660. The van der Waals surface area contributed by atoms with Crippen LogP contribution < -0.4 is 0 Å². The molecule has 0 saturated carbocycles. The molecule has 0 aliphatic rings. The average molecular weight is 240 g/mol. The van der Waals surface area contributed by atoms with Crippen molar-refractivity contribution in [1.82, 2.24) is 0 Å². The standard InChI is InChI=1S/C10H8O5S/c11-8-3-1-2-7-6(8)4-5-9(10(7)12)16(13,14)15/h1-5,11-12H,(H,13,14,15). The Morgan fingerprint density at radius 1 is 0.938 bits per heavy atom. The third-order valence-corrected chi connectivity index (χ3v) is 3.14. The topological polar surface area (TPSA) is 94.8 Å². The Kier molecular flexibility index (Phi) is 2.25. The van der Waals surface area contributed by atoms with Crippen LogP contribution in [0.1, 0.15) is 0 Å². The molecule has 0 fully saturated rings. The van der Waals surface area contributed by atoms with Crippen molar-refractivity contribution in [2.24, 2.45) is 0 Å². The van der Waals surface area contributed by atoms with E-state index < -0.39 is 20.8 Å². The fraction of sp³-hybridized carbons (Fsp3) is 0. The summed E-state index contributed by atoms with van der Waals surface area (Å²) in [4.78, 5) is -0.578. The van der Waals surface area contributed by atoms with Gasteiger partial charge >= 0.3 is 0 Å². The highest BCUT2D eigenvalue weighted by Crippen LogP contribution is 2.35. The van der Waals surface area contributed by atoms with Gasteiger partial charge in [-0.2, -0.15) is 8.42 Å². The normalized spacial score (nSPS) is 11.8. The second kappa shape index (κ2) is 3.36. The molecule has 0 aliphatic carbocycles. The Hall–Kier alpha value is -1.79. The smallest absolute Gasteiger partial charge is 0.298 e. The van der Waals surface area contributed by atoms with Crippen LogP contribution in [0.3, 0.4) is 0 Å². The van der Waals surface area contributed by atoms with Crippen LogP contribution in [0.5, 0.6) is 11.5 Å². The number of hydrogen-bond acceptors (Lipinski definition) is 4. The molecule has 0 aromatic heterocycles. The minimum Gasteiger partial charge on any atom is -0.507 e. The first kappa shape index (κ1) is 10.7. The summed E-state index contributed by atoms with van der Waals surface area (Å²) in [6.45, 7) is 0. The largest absolute Gasteiger partial charge is 0.507 e. The molecule has 0 unspecified atom stereocenters. The Morgan fingerprint density at radius 3 is 2.25 bits per heavy atom. The zero-order valence-electron chi connectivity index (χ0n) is 7.95. The number of hydrogen-bond donors (Lipinski definition) is 3. The maximum atomic E-state index is 10.9. The monoisotopic (exact) mass is 240 g/mol. The lowest BCUT2D eigenvalue weighted by molar-refractivity contribution is 0.447. The van der Waals surface area contributed by atoms with Gasteiger partial charge in [-0.1, -0.05) is 12.1 Å². The predicted octanol–water partition coefficient (Wildman–Crippen LogP) is 1.50. The van der Waals surface area contributed by atoms with Gasteiger partial charge in [0, 0.05) is 10.8 Å². The SMILES string of the molecule is O=S(=O)(O)c1ccc2c(O)cccc2c1O. The van der Waals surface area contributed by atoms with Gasteiger partial charge in [-0.3, -0.25) is 4.55 Å². The van der Waals surface area contributed by atoms with Gasteiger partial charge in [0.15, 0.2) is 0 Å². The average Bonchev–Trinajstić information content (AvgIpc) is 2.18. The van der Waals surface area contributed by atoms with Crippen LogP contribution in [0.2, 0.25) is 0 Å². The van der Waals surface area contributed by atoms with Crippen LogP contribution in [0.25, 0.3) is 10.8 Å². The van der Waals surface area contributed by atoms with E-state index in [-0.39, 0.29) is 11.1 Å². The predicted molar refractivity (Wildman–Crippen MR) is 57.1 cm³/mol. The summed E-state index contributed by atoms with van der Waals surface area (Å²) in [5.41, 5.74) is 0. The number of benzene rings is 2. The van der Waals surface area contributed by atoms with Crippen molar-refractivity contribution >= 4 is 20.9 Å². The maximum Gasteiger partial charge on any atom is 0.298 e. The molecular formula is C10H8O5S. The summed E-state index contributed by atoms with van der Waals surface area (Å²) in [5.74, 6) is -0.648. The lowest BCUT2D eigenvalue weighted by Crippen LogP contribution is -1.98. The highest BCUT2D eigenvalue weighted by atomic mass is 32.2. The second-order valence-electron chi connectivity index (χ2n) is 3.26. The molecule has 0 bridgehead atoms. The quantitative estimate of drug-likeness (QED) is 0.656. The molecule has 84 valence electrons. The molecular weight excluding hydrogens is 232 g/mol. The zero-order chi connectivity index (χ0) is 11.9. The van der Waals surface area contributed by atoms with E-state index in [0.717, 1.165) is 6.07 Å². The summed E-state index contributed by atoms with van der Waals surface area (Å²) in [6.07, 6.45) is 0. The third kappa shape index (κ3) is 1.58. The van der Waals surface area contributed by atoms with Crippen molar-refractivity contribution in [1.29, 1.82) is 0 Å². The van der Waals surface area contributed by atoms with Gasteiger partial charge in [0.1, 0.15) is 16.4 Å². The van der Waals surface area contributed by atoms with Crippen LogP contribution in [0.4, 0.5) is 0 Å². The van der Waals surface area contributed by atoms with Crippen LogP contribution in [0.15, 0.2) is 35.2 Å². The van der Waals surface area contributed by atoms with E-state index in [9.17, 15) is 18.6 Å². The van der Waals surface area contributed by atoms with E-state index >= 15 is 0 Å². The first-order chi connectivity index (χ1) is 7.41. The van der Waals surface area contributed by atoms with Gasteiger partial charge in [-0.15, -0.1) is 0 Å². The fourth-order valence-corrected chi connectivity index (χ4v) is 2.11. The molecule has 0 aliphatic heterocycles. The molecule has 3 N–H and O–H groups in total. The number of rotatable bonds is 1. The molecule has 0 saturated heterocycles. The minimum atomic E-state index is -4.47. The highest BCUT2D eigenvalue weighted by Gasteiger charge is 2.18. The van der Waals surface area contributed by atoms with E-state index in [4.69, 9.17) is 4.55 Å². The number of fused-ring (bicyclic) bond motifs is 1. The van der Waals surface area contributed by atoms with Crippen LogP contribution >= 0.6 is 0 Å². The van der Waals surface area contributed by atoms with Gasteiger partial charge in [0.2, 0.25) is 0 Å². The fourth-order valence-electron chi connectivity index (χ4n) is 1.51. The Balaban J connectivity index is 2.92. The van der Waals surface area contributed by atoms with Gasteiger partial charge in [-0.25, -0.2) is 0 Å². The molecule has 0 heterocycles. The summed E-state index contributed by atoms with van der Waals surface area (Å²) >= 11 is 0. The third-order valence-electron chi connectivity index (χ3n) is 2.25. The van der Waals surface area contributed by atoms with E-state index in [1.165, 1.54) is 24.3 Å². The van der Waals surface area contributed by atoms with Crippen LogP contribution in [-0.4, -0.2) is 23.2 Å². The molecule has 2 rings (SSSR count). The number of phenols is 2. The summed E-state index contributed by atoms with van der Waals surface area (Å²) in [5, 5.41) is 19.6. The molecule has 2 aromatic carbocycles. The van der Waals surface area contributed by atoms with Gasteiger partial charge < -0.3 is 10.2 Å². The van der Waals surface area contributed by atoms with Crippen molar-refractivity contribution in [3.8, 4) is 11.5 Å². The van der Waals surface area contributed by atoms with E-state index in [0.29, 0.717) is 5.39 Å². The highest BCUT2D eigenvalue weighted by molar-refractivity contribution is 7.86. The molecule has 0 radical (unpaired) electrons. The molecule has 0 atom stereocenters. The van der Waals surface area contributed by atoms with Crippen molar-refractivity contribution in [2.75, 3.05) is 0 Å². The van der Waals surface area contributed by atoms with E-state index in [1.807, 2.05) is 0 Å². The first-order valence-electron chi connectivity index (χ1n) is 4.32. The molecule has 0 amide bonds. The maximum absolute atomic E-state index is 10.9. The second-order valence-corrected chi connectivity index (χ2v) is 4.65. The lowest BCUT2D eigenvalue weighted by Gasteiger charge is -2.06. The summed E-state index contributed by atoms with van der Waals surface area (Å²) < 4.78 is 30.7. The van der Waals surface area contributed by atoms with Gasteiger partial charge in [0.25, 0.3) is 10.1 Å². The lowest BCUT2D eigenvalue weighted by atomic mass is 10.1. The zero-order valence-corrected chi connectivity index (χ0v) is 8.77. The summed E-state index contributed by atoms with van der Waals surface area (Å²) in [6, 6.07) is 6.67. The summed E-state index contributed by atoms with van der Waals surface area (Å²) in [7, 11) is -4.47. The minimum absolute atomic E-state index is 0.0744. The Labute approximate surface area is 91.3 Å². The van der Waals surface area contributed by atoms with Crippen molar-refractivity contribution < 1.29 is 23.2 Å². The van der Waals surface area contributed by atoms with Gasteiger partial charge in [-0.05, 0) is 18.2 Å². The Morgan fingerprint density at radius 2 is 1.62 bits per heavy atom. The number of phenolic OH excluding ortho intramolecular Hbond substituents is 2. The van der Waals surface area contributed by atoms with E-state index in [1.54, 1.807) is 0 Å². The van der Waals surface area contributed by atoms with Crippen molar-refractivity contribution in [3.05, 3.63) is 30.3 Å². The molecule has 2 aromatic rings. The van der Waals surface area contributed by atoms with Crippen LogP contribution in [-0.2, 0) is 10.1 Å². The molecule has 6 heteroatoms. The van der Waals surface area contributed by atoms with Crippen LogP contribution in [0, 0.1) is 0 Å². The first-order valence-corrected chi connectivity index (χ1v) is 5.76. The molecule has 16 heavy (non-hydrogen) atoms. The molecule has 5 nitrogen and oxygen atoms in total. The molecule has 0 spiro atoms. The number of aromatic hydroxyl groups is 2. The van der Waals surface area contributed by atoms with E-state index in [2.05, 4.69) is 0 Å².